The Kier molecular flexibility index (Phi) is 6.35. The Morgan fingerprint density at radius 1 is 1.34 bits per heavy atom. The predicted molar refractivity (Wildman–Crippen MR) is 119 cm³/mol. The van der Waals surface area contributed by atoms with Gasteiger partial charge in [0.15, 0.2) is 11.6 Å². The molecule has 164 valence electrons. The molecule has 1 amide bonds. The summed E-state index contributed by atoms with van der Waals surface area (Å²) in [5, 5.41) is 12.1. The molecule has 32 heavy (non-hydrogen) atoms. The Morgan fingerprint density at radius 3 is 2.81 bits per heavy atom. The molecule has 0 bridgehead atoms. The van der Waals surface area contributed by atoms with E-state index in [1.807, 2.05) is 13.0 Å². The summed E-state index contributed by atoms with van der Waals surface area (Å²) >= 11 is 12.1. The molecule has 2 aromatic carbocycles. The van der Waals surface area contributed by atoms with E-state index < -0.39 is 5.82 Å². The summed E-state index contributed by atoms with van der Waals surface area (Å²) in [6.07, 6.45) is 2.78. The minimum Gasteiger partial charge on any atom is -0.453 e. The van der Waals surface area contributed by atoms with Gasteiger partial charge in [0, 0.05) is 28.7 Å². The normalized spacial score (nSPS) is 13.0. The third-order valence-corrected chi connectivity index (χ3v) is 5.63. The van der Waals surface area contributed by atoms with Gasteiger partial charge in [0.2, 0.25) is 0 Å². The number of hydrogen-bond donors (Lipinski definition) is 2. The van der Waals surface area contributed by atoms with Crippen molar-refractivity contribution in [2.24, 2.45) is 0 Å². The van der Waals surface area contributed by atoms with Crippen molar-refractivity contribution in [1.82, 2.24) is 15.3 Å². The van der Waals surface area contributed by atoms with Crippen molar-refractivity contribution >= 4 is 29.1 Å². The maximum atomic E-state index is 15.1. The molecule has 0 unspecified atom stereocenters. The second kappa shape index (κ2) is 9.19. The summed E-state index contributed by atoms with van der Waals surface area (Å²) in [7, 11) is 0. The lowest BCUT2D eigenvalue weighted by molar-refractivity contribution is 0.0945. The number of benzene rings is 2. The molecule has 3 aromatic rings. The molecule has 1 aliphatic carbocycles. The maximum Gasteiger partial charge on any atom is 0.272 e. The van der Waals surface area contributed by atoms with Crippen LogP contribution in [0.4, 0.5) is 4.39 Å². The number of aryl methyl sites for hydroxylation is 1. The fraction of sp³-hybridized carbons (Fsp3) is 0.261. The zero-order chi connectivity index (χ0) is 22.8. The third-order valence-electron chi connectivity index (χ3n) is 5.12. The Labute approximate surface area is 194 Å². The zero-order valence-electron chi connectivity index (χ0n) is 17.1. The molecule has 6 nitrogen and oxygen atoms in total. The average molecular weight is 473 g/mol. The van der Waals surface area contributed by atoms with Gasteiger partial charge in [-0.1, -0.05) is 36.2 Å². The topological polar surface area (TPSA) is 90.8 Å². The van der Waals surface area contributed by atoms with Crippen molar-refractivity contribution in [1.29, 1.82) is 5.26 Å². The van der Waals surface area contributed by atoms with E-state index in [1.54, 1.807) is 0 Å². The number of imidazole rings is 1. The summed E-state index contributed by atoms with van der Waals surface area (Å²) in [6.45, 7) is 1.86. The first-order valence-corrected chi connectivity index (χ1v) is 10.9. The molecule has 0 radical (unpaired) electrons. The highest BCUT2D eigenvalue weighted by Crippen LogP contribution is 2.39. The van der Waals surface area contributed by atoms with E-state index >= 15 is 4.39 Å². The van der Waals surface area contributed by atoms with E-state index in [0.717, 1.165) is 24.4 Å². The number of aromatic amines is 1. The second-order valence-electron chi connectivity index (χ2n) is 7.50. The fourth-order valence-corrected chi connectivity index (χ4v) is 3.70. The predicted octanol–water partition coefficient (Wildman–Crippen LogP) is 5.89. The molecule has 0 saturated heterocycles. The van der Waals surface area contributed by atoms with Gasteiger partial charge in [-0.3, -0.25) is 4.79 Å². The summed E-state index contributed by atoms with van der Waals surface area (Å²) in [6, 6.07) is 9.26. The van der Waals surface area contributed by atoms with Gasteiger partial charge in [0.25, 0.3) is 5.91 Å². The van der Waals surface area contributed by atoms with Crippen LogP contribution < -0.4 is 10.1 Å². The van der Waals surface area contributed by atoms with Crippen LogP contribution in [0.5, 0.6) is 11.5 Å². The van der Waals surface area contributed by atoms with Gasteiger partial charge in [-0.05, 0) is 43.5 Å². The lowest BCUT2D eigenvalue weighted by atomic mass is 10.2. The minimum atomic E-state index is -0.715. The molecule has 9 heteroatoms. The smallest absolute Gasteiger partial charge is 0.272 e. The highest BCUT2D eigenvalue weighted by Gasteiger charge is 2.29. The molecule has 1 heterocycles. The first-order valence-electron chi connectivity index (χ1n) is 10.1. The molecule has 1 aliphatic rings. The van der Waals surface area contributed by atoms with Crippen LogP contribution >= 0.6 is 23.2 Å². The quantitative estimate of drug-likeness (QED) is 0.448. The van der Waals surface area contributed by atoms with Crippen molar-refractivity contribution in [3.8, 4) is 17.6 Å². The number of carbonyl (C=O) groups excluding carboxylic acids is 1. The van der Waals surface area contributed by atoms with Crippen LogP contribution in [0.2, 0.25) is 10.0 Å². The van der Waals surface area contributed by atoms with E-state index in [1.165, 1.54) is 30.3 Å². The molecule has 4 rings (SSSR count). The van der Waals surface area contributed by atoms with Gasteiger partial charge >= 0.3 is 0 Å². The van der Waals surface area contributed by atoms with Gasteiger partial charge in [0.1, 0.15) is 17.3 Å². The molecule has 1 saturated carbocycles. The number of carbonyl (C=O) groups is 1. The lowest BCUT2D eigenvalue weighted by Gasteiger charge is -2.13. The van der Waals surface area contributed by atoms with Crippen molar-refractivity contribution < 1.29 is 13.9 Å². The maximum absolute atomic E-state index is 15.1. The van der Waals surface area contributed by atoms with Gasteiger partial charge < -0.3 is 15.0 Å². The Bertz CT molecular complexity index is 1230. The third kappa shape index (κ3) is 4.72. The number of nitrogens with one attached hydrogen (secondary N) is 2. The number of nitriles is 1. The lowest BCUT2D eigenvalue weighted by Crippen LogP contribution is -2.25. The Hall–Kier alpha value is -3.08. The average Bonchev–Trinajstić information content (AvgIpc) is 3.54. The first-order chi connectivity index (χ1) is 15.4. The minimum absolute atomic E-state index is 0.0469. The molecule has 0 spiro atoms. The van der Waals surface area contributed by atoms with Crippen molar-refractivity contribution in [3.63, 3.8) is 0 Å². The van der Waals surface area contributed by atoms with E-state index in [-0.39, 0.29) is 45.1 Å². The first kappa shape index (κ1) is 22.1. The van der Waals surface area contributed by atoms with Crippen molar-refractivity contribution in [3.05, 3.63) is 74.5 Å². The SMILES string of the molecule is CCc1[nH]c(C2CC2)nc1C(=O)NCc1ccc(Cl)c(Oc2cc(Cl)cc(C#N)c2)c1F. The molecular formula is C23H19Cl2FN4O2. The van der Waals surface area contributed by atoms with Gasteiger partial charge in [0.05, 0.1) is 16.7 Å². The van der Waals surface area contributed by atoms with Crippen molar-refractivity contribution in [2.45, 2.75) is 38.6 Å². The zero-order valence-corrected chi connectivity index (χ0v) is 18.6. The number of amides is 1. The number of H-pyrrole nitrogens is 1. The van der Waals surface area contributed by atoms with Crippen LogP contribution in [0, 0.1) is 17.1 Å². The number of halogens is 3. The second-order valence-corrected chi connectivity index (χ2v) is 8.34. The van der Waals surface area contributed by atoms with Crippen LogP contribution in [0.25, 0.3) is 0 Å². The summed E-state index contributed by atoms with van der Waals surface area (Å²) in [5.41, 5.74) is 1.56. The van der Waals surface area contributed by atoms with E-state index in [4.69, 9.17) is 33.2 Å². The fourth-order valence-electron chi connectivity index (χ4n) is 3.29. The highest BCUT2D eigenvalue weighted by molar-refractivity contribution is 6.32. The summed E-state index contributed by atoms with van der Waals surface area (Å²) in [5.74, 6) is 0.0901. The van der Waals surface area contributed by atoms with Crippen LogP contribution in [-0.4, -0.2) is 15.9 Å². The number of nitrogens with zero attached hydrogens (tertiary/aromatic N) is 2. The largest absolute Gasteiger partial charge is 0.453 e. The van der Waals surface area contributed by atoms with E-state index in [0.29, 0.717) is 18.0 Å². The highest BCUT2D eigenvalue weighted by atomic mass is 35.5. The molecular weight excluding hydrogens is 454 g/mol. The number of hydrogen-bond acceptors (Lipinski definition) is 4. The number of aromatic nitrogens is 2. The Morgan fingerprint density at radius 2 is 2.12 bits per heavy atom. The molecule has 1 aromatic heterocycles. The standard InChI is InChI=1S/C23H19Cl2FN4O2/c1-2-18-20(30-22(29-18)13-3-4-13)23(31)28-11-14-5-6-17(25)21(19(14)26)32-16-8-12(10-27)7-15(24)9-16/h5-9,13H,2-4,11H2,1H3,(H,28,31)(H,29,30). The Balaban J connectivity index is 1.52. The van der Waals surface area contributed by atoms with Crippen LogP contribution in [0.15, 0.2) is 30.3 Å². The summed E-state index contributed by atoms with van der Waals surface area (Å²) in [4.78, 5) is 20.4. The molecule has 0 atom stereocenters. The van der Waals surface area contributed by atoms with E-state index in [2.05, 4.69) is 15.3 Å². The van der Waals surface area contributed by atoms with Gasteiger partial charge in [-0.25, -0.2) is 9.37 Å². The molecule has 2 N–H and O–H groups in total. The van der Waals surface area contributed by atoms with Crippen molar-refractivity contribution in [2.75, 3.05) is 0 Å². The number of rotatable bonds is 7. The van der Waals surface area contributed by atoms with E-state index in [9.17, 15) is 4.79 Å². The summed E-state index contributed by atoms with van der Waals surface area (Å²) < 4.78 is 20.7. The molecule has 1 fully saturated rings. The van der Waals surface area contributed by atoms with Gasteiger partial charge in [-0.15, -0.1) is 0 Å². The van der Waals surface area contributed by atoms with Crippen LogP contribution in [-0.2, 0) is 13.0 Å². The van der Waals surface area contributed by atoms with Crippen LogP contribution in [0.1, 0.15) is 58.8 Å². The van der Waals surface area contributed by atoms with Gasteiger partial charge in [-0.2, -0.15) is 5.26 Å². The monoisotopic (exact) mass is 472 g/mol. The molecule has 0 aliphatic heterocycles. The number of ether oxygens (including phenoxy) is 1. The van der Waals surface area contributed by atoms with Crippen LogP contribution in [0.3, 0.4) is 0 Å².